The maximum Gasteiger partial charge on any atom is 0.236 e. The van der Waals surface area contributed by atoms with Crippen molar-refractivity contribution >= 4 is 5.91 Å². The van der Waals surface area contributed by atoms with Gasteiger partial charge in [-0.25, -0.2) is 4.98 Å². The second kappa shape index (κ2) is 7.00. The molecule has 5 nitrogen and oxygen atoms in total. The molecule has 1 atom stereocenters. The van der Waals surface area contributed by atoms with Crippen LogP contribution in [0.3, 0.4) is 0 Å². The molecule has 0 radical (unpaired) electrons. The lowest BCUT2D eigenvalue weighted by Gasteiger charge is -2.11. The Bertz CT molecular complexity index is 297. The Morgan fingerprint density at radius 3 is 2.94 bits per heavy atom. The van der Waals surface area contributed by atoms with E-state index in [2.05, 4.69) is 20.2 Å². The molecule has 2 N–H and O–H groups in total. The van der Waals surface area contributed by atoms with Crippen molar-refractivity contribution in [1.82, 2.24) is 20.2 Å². The van der Waals surface area contributed by atoms with Gasteiger partial charge in [0.2, 0.25) is 5.91 Å². The van der Waals surface area contributed by atoms with Crippen LogP contribution in [-0.4, -0.2) is 35.1 Å². The molecule has 0 fully saturated rings. The Balaban J connectivity index is 2.02. The van der Waals surface area contributed by atoms with Crippen LogP contribution >= 0.6 is 0 Å². The fraction of sp³-hybridized carbons (Fsp3) is 0.636. The number of aryl methyl sites for hydroxylation is 1. The summed E-state index contributed by atoms with van der Waals surface area (Å²) in [6.07, 6.45) is 7.70. The van der Waals surface area contributed by atoms with Gasteiger partial charge in [-0.15, -0.1) is 0 Å². The summed E-state index contributed by atoms with van der Waals surface area (Å²) in [6, 6.07) is -0.113. The molecule has 0 aliphatic carbocycles. The Morgan fingerprint density at radius 2 is 2.31 bits per heavy atom. The van der Waals surface area contributed by atoms with Crippen LogP contribution < -0.4 is 10.6 Å². The summed E-state index contributed by atoms with van der Waals surface area (Å²) >= 11 is 0. The second-order valence-corrected chi connectivity index (χ2v) is 3.80. The Hall–Kier alpha value is -1.36. The summed E-state index contributed by atoms with van der Waals surface area (Å²) in [5.74, 6) is 0.0367. The number of hydrogen-bond donors (Lipinski definition) is 2. The normalized spacial score (nSPS) is 12.4. The lowest BCUT2D eigenvalue weighted by atomic mass is 10.2. The minimum atomic E-state index is -0.113. The van der Waals surface area contributed by atoms with Crippen LogP contribution in [0.1, 0.15) is 19.8 Å². The third kappa shape index (κ3) is 4.44. The van der Waals surface area contributed by atoms with Crippen molar-refractivity contribution < 1.29 is 4.79 Å². The summed E-state index contributed by atoms with van der Waals surface area (Å²) in [7, 11) is 1.65. The zero-order valence-electron chi connectivity index (χ0n) is 9.94. The Morgan fingerprint density at radius 1 is 1.50 bits per heavy atom. The number of rotatable bonds is 7. The largest absolute Gasteiger partial charge is 0.358 e. The van der Waals surface area contributed by atoms with Crippen molar-refractivity contribution in [2.24, 2.45) is 0 Å². The zero-order chi connectivity index (χ0) is 11.8. The van der Waals surface area contributed by atoms with Crippen LogP contribution in [0.4, 0.5) is 0 Å². The van der Waals surface area contributed by atoms with Gasteiger partial charge in [0.05, 0.1) is 12.4 Å². The number of unbranched alkanes of at least 4 members (excludes halogenated alkanes) is 1. The topological polar surface area (TPSA) is 59.0 Å². The predicted octanol–water partition coefficient (Wildman–Crippen LogP) is 0.387. The number of amides is 1. The third-order valence-corrected chi connectivity index (χ3v) is 2.49. The first kappa shape index (κ1) is 12.7. The van der Waals surface area contributed by atoms with Gasteiger partial charge in [-0.1, -0.05) is 0 Å². The van der Waals surface area contributed by atoms with Gasteiger partial charge in [-0.05, 0) is 26.3 Å². The standard InChI is InChI=1S/C11H20N4O/c1-10(11(16)12-2)14-5-3-4-7-15-8-6-13-9-15/h6,8-10,14H,3-5,7H2,1-2H3,(H,12,16). The molecule has 1 heterocycles. The van der Waals surface area contributed by atoms with E-state index in [0.717, 1.165) is 25.9 Å². The van der Waals surface area contributed by atoms with Gasteiger partial charge in [0.15, 0.2) is 0 Å². The van der Waals surface area contributed by atoms with Crippen LogP contribution in [0.25, 0.3) is 0 Å². The van der Waals surface area contributed by atoms with E-state index in [4.69, 9.17) is 0 Å². The molecule has 0 saturated carbocycles. The maximum absolute atomic E-state index is 11.2. The number of aromatic nitrogens is 2. The van der Waals surface area contributed by atoms with E-state index in [0.29, 0.717) is 0 Å². The van der Waals surface area contributed by atoms with Gasteiger partial charge < -0.3 is 15.2 Å². The molecule has 1 rings (SSSR count). The molecule has 0 aliphatic heterocycles. The average molecular weight is 224 g/mol. The molecule has 0 bridgehead atoms. The number of carbonyl (C=O) groups excluding carboxylic acids is 1. The summed E-state index contributed by atoms with van der Waals surface area (Å²) in [4.78, 5) is 15.2. The highest BCUT2D eigenvalue weighted by Crippen LogP contribution is 1.94. The number of likely N-dealkylation sites (N-methyl/N-ethyl adjacent to an activating group) is 1. The van der Waals surface area contributed by atoms with Crippen LogP contribution in [0, 0.1) is 0 Å². The van der Waals surface area contributed by atoms with E-state index >= 15 is 0 Å². The predicted molar refractivity (Wildman–Crippen MR) is 63.0 cm³/mol. The molecular weight excluding hydrogens is 204 g/mol. The second-order valence-electron chi connectivity index (χ2n) is 3.80. The van der Waals surface area contributed by atoms with E-state index in [1.807, 2.05) is 19.4 Å². The van der Waals surface area contributed by atoms with E-state index in [-0.39, 0.29) is 11.9 Å². The maximum atomic E-state index is 11.2. The van der Waals surface area contributed by atoms with E-state index in [9.17, 15) is 4.79 Å². The SMILES string of the molecule is CNC(=O)C(C)NCCCCn1ccnc1. The number of carbonyl (C=O) groups is 1. The summed E-state index contributed by atoms with van der Waals surface area (Å²) < 4.78 is 2.06. The molecule has 0 aromatic carbocycles. The molecule has 1 aromatic heterocycles. The number of nitrogens with zero attached hydrogens (tertiary/aromatic N) is 2. The fourth-order valence-corrected chi connectivity index (χ4v) is 1.47. The van der Waals surface area contributed by atoms with Crippen molar-refractivity contribution in [3.05, 3.63) is 18.7 Å². The quantitative estimate of drug-likeness (QED) is 0.659. The number of hydrogen-bond acceptors (Lipinski definition) is 3. The lowest BCUT2D eigenvalue weighted by Crippen LogP contribution is -2.40. The molecule has 0 spiro atoms. The average Bonchev–Trinajstić information content (AvgIpc) is 2.80. The smallest absolute Gasteiger partial charge is 0.236 e. The van der Waals surface area contributed by atoms with Crippen molar-refractivity contribution in [3.63, 3.8) is 0 Å². The third-order valence-electron chi connectivity index (χ3n) is 2.49. The Kier molecular flexibility index (Phi) is 5.56. The highest BCUT2D eigenvalue weighted by Gasteiger charge is 2.08. The molecule has 1 unspecified atom stereocenters. The van der Waals surface area contributed by atoms with Gasteiger partial charge in [0.25, 0.3) is 0 Å². The monoisotopic (exact) mass is 224 g/mol. The van der Waals surface area contributed by atoms with Crippen molar-refractivity contribution in [3.8, 4) is 0 Å². The Labute approximate surface area is 96.3 Å². The van der Waals surface area contributed by atoms with E-state index in [1.165, 1.54) is 0 Å². The minimum Gasteiger partial charge on any atom is -0.358 e. The van der Waals surface area contributed by atoms with E-state index in [1.54, 1.807) is 13.2 Å². The summed E-state index contributed by atoms with van der Waals surface area (Å²) in [6.45, 7) is 3.72. The van der Waals surface area contributed by atoms with Crippen LogP contribution in [0.2, 0.25) is 0 Å². The molecule has 0 aliphatic rings. The zero-order valence-corrected chi connectivity index (χ0v) is 9.94. The fourth-order valence-electron chi connectivity index (χ4n) is 1.47. The summed E-state index contributed by atoms with van der Waals surface area (Å²) in [5.41, 5.74) is 0. The van der Waals surface area contributed by atoms with Crippen molar-refractivity contribution in [1.29, 1.82) is 0 Å². The highest BCUT2D eigenvalue weighted by atomic mass is 16.2. The van der Waals surface area contributed by atoms with Crippen LogP contribution in [0.5, 0.6) is 0 Å². The first-order chi connectivity index (χ1) is 7.74. The minimum absolute atomic E-state index is 0.0367. The molecule has 1 amide bonds. The summed E-state index contributed by atoms with van der Waals surface area (Å²) in [5, 5.41) is 5.79. The van der Waals surface area contributed by atoms with Gasteiger partial charge in [0.1, 0.15) is 0 Å². The number of nitrogens with one attached hydrogen (secondary N) is 2. The van der Waals surface area contributed by atoms with Gasteiger partial charge >= 0.3 is 0 Å². The van der Waals surface area contributed by atoms with Crippen molar-refractivity contribution in [2.45, 2.75) is 32.4 Å². The number of imidazole rings is 1. The van der Waals surface area contributed by atoms with Crippen molar-refractivity contribution in [2.75, 3.05) is 13.6 Å². The molecule has 0 saturated heterocycles. The molecule has 5 heteroatoms. The lowest BCUT2D eigenvalue weighted by molar-refractivity contribution is -0.122. The van der Waals surface area contributed by atoms with Crippen LogP contribution in [-0.2, 0) is 11.3 Å². The molecule has 16 heavy (non-hydrogen) atoms. The van der Waals surface area contributed by atoms with Crippen LogP contribution in [0.15, 0.2) is 18.7 Å². The van der Waals surface area contributed by atoms with E-state index < -0.39 is 0 Å². The molecule has 90 valence electrons. The molecular formula is C11H20N4O. The first-order valence-electron chi connectivity index (χ1n) is 5.64. The van der Waals surface area contributed by atoms with Gasteiger partial charge in [0, 0.05) is 26.0 Å². The van der Waals surface area contributed by atoms with Gasteiger partial charge in [-0.2, -0.15) is 0 Å². The highest BCUT2D eigenvalue weighted by molar-refractivity contribution is 5.80. The molecule has 1 aromatic rings. The first-order valence-corrected chi connectivity index (χ1v) is 5.64. The van der Waals surface area contributed by atoms with Gasteiger partial charge in [-0.3, -0.25) is 4.79 Å².